The van der Waals surface area contributed by atoms with Crippen molar-refractivity contribution in [2.24, 2.45) is 5.92 Å². The Morgan fingerprint density at radius 1 is 0.808 bits per heavy atom. The van der Waals surface area contributed by atoms with Crippen LogP contribution in [0.4, 0.5) is 0 Å². The molecule has 5 heteroatoms. The van der Waals surface area contributed by atoms with E-state index in [1.54, 1.807) is 0 Å². The van der Waals surface area contributed by atoms with Crippen LogP contribution in [0.2, 0.25) is 0 Å². The molecule has 0 bridgehead atoms. The highest BCUT2D eigenvalue weighted by atomic mass is 16.7. The summed E-state index contributed by atoms with van der Waals surface area (Å²) in [6.45, 7) is 9.47. The zero-order chi connectivity index (χ0) is 18.5. The van der Waals surface area contributed by atoms with E-state index in [2.05, 4.69) is 13.8 Å². The molecule has 0 saturated carbocycles. The second-order valence-corrected chi connectivity index (χ2v) is 7.06. The highest BCUT2D eigenvalue weighted by Gasteiger charge is 2.12. The van der Waals surface area contributed by atoms with Crippen LogP contribution in [0, 0.1) is 5.92 Å². The van der Waals surface area contributed by atoms with Gasteiger partial charge in [-0.2, -0.15) is 0 Å². The van der Waals surface area contributed by atoms with Gasteiger partial charge in [0.1, 0.15) is 0 Å². The van der Waals surface area contributed by atoms with Crippen LogP contribution in [-0.2, 0) is 20.8 Å². The minimum absolute atomic E-state index is 0.310. The van der Waals surface area contributed by atoms with E-state index in [0.29, 0.717) is 13.4 Å². The molecule has 0 aliphatic carbocycles. The van der Waals surface area contributed by atoms with Gasteiger partial charge < -0.3 is 23.7 Å². The van der Waals surface area contributed by atoms with Crippen LogP contribution in [0.5, 0.6) is 11.5 Å². The van der Waals surface area contributed by atoms with Gasteiger partial charge in [0.15, 0.2) is 11.5 Å². The number of hydrogen-bond donors (Lipinski definition) is 0. The van der Waals surface area contributed by atoms with E-state index in [9.17, 15) is 0 Å². The molecule has 0 aromatic heterocycles. The summed E-state index contributed by atoms with van der Waals surface area (Å²) < 4.78 is 27.6. The molecular formula is C21H34O5. The van der Waals surface area contributed by atoms with Crippen molar-refractivity contribution in [3.63, 3.8) is 0 Å². The van der Waals surface area contributed by atoms with Crippen LogP contribution in [0.15, 0.2) is 18.2 Å². The molecule has 1 aliphatic rings. The van der Waals surface area contributed by atoms with Gasteiger partial charge in [-0.05, 0) is 55.7 Å². The Morgan fingerprint density at radius 2 is 1.42 bits per heavy atom. The molecule has 0 atom stereocenters. The molecule has 148 valence electrons. The summed E-state index contributed by atoms with van der Waals surface area (Å²) in [6, 6.07) is 5.94. The van der Waals surface area contributed by atoms with Gasteiger partial charge in [0.25, 0.3) is 0 Å². The van der Waals surface area contributed by atoms with Gasteiger partial charge in [-0.3, -0.25) is 0 Å². The Morgan fingerprint density at radius 3 is 2.12 bits per heavy atom. The van der Waals surface area contributed by atoms with Crippen molar-refractivity contribution in [3.05, 3.63) is 23.8 Å². The zero-order valence-corrected chi connectivity index (χ0v) is 16.3. The number of hydrogen-bond acceptors (Lipinski definition) is 5. The SMILES string of the molecule is CC(C)CCOCCCCOCCCCOCc1ccc2c(c1)OCO2. The lowest BCUT2D eigenvalue weighted by atomic mass is 10.1. The average Bonchev–Trinajstić information content (AvgIpc) is 3.09. The molecule has 1 aromatic rings. The average molecular weight is 366 g/mol. The highest BCUT2D eigenvalue weighted by Crippen LogP contribution is 2.32. The van der Waals surface area contributed by atoms with E-state index in [1.807, 2.05) is 18.2 Å². The maximum absolute atomic E-state index is 5.71. The number of unbranched alkanes of at least 4 members (excludes halogenated alkanes) is 2. The van der Waals surface area contributed by atoms with Crippen LogP contribution in [0.25, 0.3) is 0 Å². The van der Waals surface area contributed by atoms with E-state index < -0.39 is 0 Å². The molecular weight excluding hydrogens is 332 g/mol. The number of fused-ring (bicyclic) bond motifs is 1. The van der Waals surface area contributed by atoms with Gasteiger partial charge in [0.05, 0.1) is 6.61 Å². The lowest BCUT2D eigenvalue weighted by Crippen LogP contribution is -2.03. The molecule has 26 heavy (non-hydrogen) atoms. The van der Waals surface area contributed by atoms with E-state index in [4.69, 9.17) is 23.7 Å². The van der Waals surface area contributed by atoms with Gasteiger partial charge >= 0.3 is 0 Å². The smallest absolute Gasteiger partial charge is 0.231 e. The molecule has 0 spiro atoms. The van der Waals surface area contributed by atoms with Crippen molar-refractivity contribution >= 4 is 0 Å². The van der Waals surface area contributed by atoms with Crippen molar-refractivity contribution < 1.29 is 23.7 Å². The number of rotatable bonds is 15. The summed E-state index contributed by atoms with van der Waals surface area (Å²) in [5.74, 6) is 2.34. The fraction of sp³-hybridized carbons (Fsp3) is 0.714. The second-order valence-electron chi connectivity index (χ2n) is 7.06. The van der Waals surface area contributed by atoms with E-state index in [1.165, 1.54) is 0 Å². The third-order valence-electron chi connectivity index (χ3n) is 4.20. The predicted molar refractivity (Wildman–Crippen MR) is 102 cm³/mol. The van der Waals surface area contributed by atoms with Gasteiger partial charge in [-0.1, -0.05) is 19.9 Å². The van der Waals surface area contributed by atoms with E-state index >= 15 is 0 Å². The molecule has 1 heterocycles. The predicted octanol–water partition coefficient (Wildman–Crippen LogP) is 4.57. The molecule has 0 fully saturated rings. The van der Waals surface area contributed by atoms with E-state index in [0.717, 1.165) is 88.1 Å². The van der Waals surface area contributed by atoms with Gasteiger partial charge in [0.2, 0.25) is 6.79 Å². The molecule has 1 aromatic carbocycles. The largest absolute Gasteiger partial charge is 0.454 e. The summed E-state index contributed by atoms with van der Waals surface area (Å²) in [6.07, 6.45) is 5.35. The zero-order valence-electron chi connectivity index (χ0n) is 16.3. The molecule has 0 unspecified atom stereocenters. The highest BCUT2D eigenvalue weighted by molar-refractivity contribution is 5.44. The van der Waals surface area contributed by atoms with Crippen LogP contribution in [-0.4, -0.2) is 39.8 Å². The quantitative estimate of drug-likeness (QED) is 0.426. The summed E-state index contributed by atoms with van der Waals surface area (Å²) in [7, 11) is 0. The first-order chi connectivity index (χ1) is 12.8. The summed E-state index contributed by atoms with van der Waals surface area (Å²) in [5, 5.41) is 0. The van der Waals surface area contributed by atoms with Crippen molar-refractivity contribution in [2.45, 2.75) is 52.6 Å². The molecule has 0 saturated heterocycles. The van der Waals surface area contributed by atoms with Crippen molar-refractivity contribution in [1.82, 2.24) is 0 Å². The summed E-state index contributed by atoms with van der Waals surface area (Å²) in [4.78, 5) is 0. The minimum atomic E-state index is 0.310. The maximum atomic E-state index is 5.71. The Kier molecular flexibility index (Phi) is 10.5. The van der Waals surface area contributed by atoms with Crippen LogP contribution >= 0.6 is 0 Å². The fourth-order valence-electron chi connectivity index (χ4n) is 2.56. The van der Waals surface area contributed by atoms with Crippen LogP contribution in [0.3, 0.4) is 0 Å². The third kappa shape index (κ3) is 8.88. The normalized spacial score (nSPS) is 12.9. The van der Waals surface area contributed by atoms with Gasteiger partial charge in [0, 0.05) is 33.0 Å². The first-order valence-corrected chi connectivity index (χ1v) is 9.87. The minimum Gasteiger partial charge on any atom is -0.454 e. The Labute approximate surface area is 157 Å². The Balaban J connectivity index is 1.33. The lowest BCUT2D eigenvalue weighted by molar-refractivity contribution is 0.0851. The second kappa shape index (κ2) is 13.0. The van der Waals surface area contributed by atoms with Crippen molar-refractivity contribution in [1.29, 1.82) is 0 Å². The van der Waals surface area contributed by atoms with Gasteiger partial charge in [-0.25, -0.2) is 0 Å². The van der Waals surface area contributed by atoms with Crippen molar-refractivity contribution in [2.75, 3.05) is 39.8 Å². The molecule has 5 nitrogen and oxygen atoms in total. The van der Waals surface area contributed by atoms with Crippen LogP contribution in [0.1, 0.15) is 51.5 Å². The van der Waals surface area contributed by atoms with Gasteiger partial charge in [-0.15, -0.1) is 0 Å². The monoisotopic (exact) mass is 366 g/mol. The summed E-state index contributed by atoms with van der Waals surface area (Å²) >= 11 is 0. The number of benzene rings is 1. The molecule has 1 aliphatic heterocycles. The maximum Gasteiger partial charge on any atom is 0.231 e. The lowest BCUT2D eigenvalue weighted by Gasteiger charge is -2.07. The molecule has 0 amide bonds. The van der Waals surface area contributed by atoms with Crippen LogP contribution < -0.4 is 9.47 Å². The standard InChI is InChI=1S/C21H34O5/c1-18(2)9-14-23-12-4-3-10-22-11-5-6-13-24-16-19-7-8-20-21(15-19)26-17-25-20/h7-8,15,18H,3-6,9-14,16-17H2,1-2H3. The molecule has 0 N–H and O–H groups in total. The summed E-state index contributed by atoms with van der Waals surface area (Å²) in [5.41, 5.74) is 1.11. The third-order valence-corrected chi connectivity index (χ3v) is 4.20. The first-order valence-electron chi connectivity index (χ1n) is 9.87. The Hall–Kier alpha value is -1.30. The van der Waals surface area contributed by atoms with E-state index in [-0.39, 0.29) is 0 Å². The molecule has 0 radical (unpaired) electrons. The first kappa shape index (κ1) is 21.0. The Bertz CT molecular complexity index is 489. The fourth-order valence-corrected chi connectivity index (χ4v) is 2.56. The molecule has 2 rings (SSSR count). The van der Waals surface area contributed by atoms with Crippen molar-refractivity contribution in [3.8, 4) is 11.5 Å². The number of ether oxygens (including phenoxy) is 5. The topological polar surface area (TPSA) is 46.2 Å².